The van der Waals surface area contributed by atoms with Crippen LogP contribution in [0.5, 0.6) is 0 Å². The highest BCUT2D eigenvalue weighted by molar-refractivity contribution is 5.89. The molecule has 0 saturated heterocycles. The Kier molecular flexibility index (Phi) is 5.22. The summed E-state index contributed by atoms with van der Waals surface area (Å²) in [6, 6.07) is 19.2. The van der Waals surface area contributed by atoms with E-state index in [0.29, 0.717) is 18.6 Å². The summed E-state index contributed by atoms with van der Waals surface area (Å²) < 4.78 is 11.5. The van der Waals surface area contributed by atoms with Crippen LogP contribution in [-0.2, 0) is 16.1 Å². The third-order valence-corrected chi connectivity index (χ3v) is 3.84. The number of ether oxygens (including phenoxy) is 2. The topological polar surface area (TPSA) is 35.5 Å². The van der Waals surface area contributed by atoms with Gasteiger partial charge < -0.3 is 9.47 Å². The third kappa shape index (κ3) is 4.54. The molecular weight excluding hydrogens is 288 g/mol. The van der Waals surface area contributed by atoms with Gasteiger partial charge in [0, 0.05) is 6.42 Å². The number of esters is 1. The maximum Gasteiger partial charge on any atom is 0.338 e. The summed E-state index contributed by atoms with van der Waals surface area (Å²) in [6.45, 7) is 0.582. The standard InChI is InChI=1S/C20H20O3/c21-20(17-10-5-2-6-11-17)23-19-13-7-12-18(14-19)22-15-16-8-3-1-4-9-16/h1-11,13,18-19H,12,14-15H2/t18-,19-/m0/s1. The fourth-order valence-corrected chi connectivity index (χ4v) is 2.61. The summed E-state index contributed by atoms with van der Waals surface area (Å²) in [5.41, 5.74) is 1.73. The Morgan fingerprint density at radius 2 is 1.70 bits per heavy atom. The molecule has 0 saturated carbocycles. The molecular formula is C20H20O3. The number of carbonyl (C=O) groups excluding carboxylic acids is 1. The Morgan fingerprint density at radius 1 is 1.00 bits per heavy atom. The van der Waals surface area contributed by atoms with Crippen LogP contribution < -0.4 is 0 Å². The predicted molar refractivity (Wildman–Crippen MR) is 89.0 cm³/mol. The van der Waals surface area contributed by atoms with Crippen molar-refractivity contribution in [3.63, 3.8) is 0 Å². The number of carbonyl (C=O) groups is 1. The van der Waals surface area contributed by atoms with E-state index in [0.717, 1.165) is 12.0 Å². The first-order valence-electron chi connectivity index (χ1n) is 7.89. The summed E-state index contributed by atoms with van der Waals surface area (Å²) >= 11 is 0. The Labute approximate surface area is 136 Å². The molecule has 3 nitrogen and oxygen atoms in total. The van der Waals surface area contributed by atoms with Gasteiger partial charge in [-0.05, 0) is 30.2 Å². The molecule has 0 N–H and O–H groups in total. The molecule has 0 heterocycles. The molecule has 118 valence electrons. The van der Waals surface area contributed by atoms with Gasteiger partial charge in [0.1, 0.15) is 6.10 Å². The Morgan fingerprint density at radius 3 is 2.43 bits per heavy atom. The van der Waals surface area contributed by atoms with E-state index in [1.807, 2.05) is 60.7 Å². The zero-order valence-electron chi connectivity index (χ0n) is 12.9. The fraction of sp³-hybridized carbons (Fsp3) is 0.250. The van der Waals surface area contributed by atoms with E-state index in [1.165, 1.54) is 0 Å². The second-order valence-electron chi connectivity index (χ2n) is 5.63. The summed E-state index contributed by atoms with van der Waals surface area (Å²) in [4.78, 5) is 12.1. The molecule has 0 bridgehead atoms. The average molecular weight is 308 g/mol. The molecule has 1 aliphatic rings. The Bertz CT molecular complexity index is 649. The van der Waals surface area contributed by atoms with Crippen LogP contribution in [0.4, 0.5) is 0 Å². The van der Waals surface area contributed by atoms with Crippen molar-refractivity contribution in [3.8, 4) is 0 Å². The highest BCUT2D eigenvalue weighted by Crippen LogP contribution is 2.20. The second kappa shape index (κ2) is 7.75. The second-order valence-corrected chi connectivity index (χ2v) is 5.63. The molecule has 23 heavy (non-hydrogen) atoms. The first-order chi connectivity index (χ1) is 11.3. The average Bonchev–Trinajstić information content (AvgIpc) is 2.62. The van der Waals surface area contributed by atoms with Crippen LogP contribution in [0.3, 0.4) is 0 Å². The minimum Gasteiger partial charge on any atom is -0.454 e. The van der Waals surface area contributed by atoms with Crippen LogP contribution in [0, 0.1) is 0 Å². The van der Waals surface area contributed by atoms with Crippen LogP contribution in [0.1, 0.15) is 28.8 Å². The number of benzene rings is 2. The highest BCUT2D eigenvalue weighted by Gasteiger charge is 2.22. The van der Waals surface area contributed by atoms with E-state index in [-0.39, 0.29) is 18.2 Å². The van der Waals surface area contributed by atoms with Crippen LogP contribution in [0.15, 0.2) is 72.8 Å². The summed E-state index contributed by atoms with van der Waals surface area (Å²) in [5, 5.41) is 0. The largest absolute Gasteiger partial charge is 0.454 e. The van der Waals surface area contributed by atoms with Gasteiger partial charge in [-0.3, -0.25) is 0 Å². The molecule has 0 spiro atoms. The van der Waals surface area contributed by atoms with E-state index in [1.54, 1.807) is 12.1 Å². The van der Waals surface area contributed by atoms with Gasteiger partial charge in [-0.2, -0.15) is 0 Å². The Balaban J connectivity index is 1.51. The zero-order valence-corrected chi connectivity index (χ0v) is 12.9. The molecule has 0 aliphatic heterocycles. The number of hydrogen-bond acceptors (Lipinski definition) is 3. The van der Waals surface area contributed by atoms with Gasteiger partial charge in [0.15, 0.2) is 0 Å². The maximum absolute atomic E-state index is 12.1. The molecule has 1 aliphatic carbocycles. The SMILES string of the molecule is O=C(O[C@H]1C=CC[C@H](OCc2ccccc2)C1)c1ccccc1. The van der Waals surface area contributed by atoms with Gasteiger partial charge >= 0.3 is 5.97 Å². The molecule has 2 aromatic rings. The van der Waals surface area contributed by atoms with E-state index >= 15 is 0 Å². The summed E-state index contributed by atoms with van der Waals surface area (Å²) in [6.07, 6.45) is 5.38. The highest BCUT2D eigenvalue weighted by atomic mass is 16.5. The van der Waals surface area contributed by atoms with Crippen molar-refractivity contribution < 1.29 is 14.3 Å². The van der Waals surface area contributed by atoms with Crippen molar-refractivity contribution in [2.75, 3.05) is 0 Å². The lowest BCUT2D eigenvalue weighted by Gasteiger charge is -2.25. The number of rotatable bonds is 5. The van der Waals surface area contributed by atoms with Crippen molar-refractivity contribution in [3.05, 3.63) is 83.9 Å². The monoisotopic (exact) mass is 308 g/mol. The molecule has 0 aromatic heterocycles. The van der Waals surface area contributed by atoms with Crippen molar-refractivity contribution in [1.82, 2.24) is 0 Å². The molecule has 0 radical (unpaired) electrons. The summed E-state index contributed by atoms with van der Waals surface area (Å²) in [5.74, 6) is -0.288. The smallest absolute Gasteiger partial charge is 0.338 e. The quantitative estimate of drug-likeness (QED) is 0.615. The predicted octanol–water partition coefficient (Wildman–Crippen LogP) is 4.15. The van der Waals surface area contributed by atoms with E-state index in [9.17, 15) is 4.79 Å². The molecule has 2 aromatic carbocycles. The third-order valence-electron chi connectivity index (χ3n) is 3.84. The van der Waals surface area contributed by atoms with Crippen LogP contribution in [0.25, 0.3) is 0 Å². The van der Waals surface area contributed by atoms with Gasteiger partial charge in [-0.15, -0.1) is 0 Å². The van der Waals surface area contributed by atoms with E-state index in [2.05, 4.69) is 0 Å². The lowest BCUT2D eigenvalue weighted by molar-refractivity contribution is -0.00546. The fourth-order valence-electron chi connectivity index (χ4n) is 2.61. The van der Waals surface area contributed by atoms with Crippen LogP contribution in [-0.4, -0.2) is 18.2 Å². The van der Waals surface area contributed by atoms with E-state index < -0.39 is 0 Å². The minimum absolute atomic E-state index is 0.0776. The van der Waals surface area contributed by atoms with E-state index in [4.69, 9.17) is 9.47 Å². The normalized spacial score (nSPS) is 20.2. The van der Waals surface area contributed by atoms with Crippen LogP contribution in [0.2, 0.25) is 0 Å². The molecule has 0 fully saturated rings. The Hall–Kier alpha value is -2.39. The van der Waals surface area contributed by atoms with Gasteiger partial charge in [0.05, 0.1) is 18.3 Å². The lowest BCUT2D eigenvalue weighted by atomic mass is 10.0. The molecule has 3 rings (SSSR count). The zero-order chi connectivity index (χ0) is 15.9. The number of hydrogen-bond donors (Lipinski definition) is 0. The van der Waals surface area contributed by atoms with Gasteiger partial charge in [0.25, 0.3) is 0 Å². The van der Waals surface area contributed by atoms with Crippen molar-refractivity contribution in [1.29, 1.82) is 0 Å². The minimum atomic E-state index is -0.288. The maximum atomic E-state index is 12.1. The summed E-state index contributed by atoms with van der Waals surface area (Å²) in [7, 11) is 0. The molecule has 2 atom stereocenters. The first kappa shape index (κ1) is 15.5. The lowest BCUT2D eigenvalue weighted by Crippen LogP contribution is -2.27. The van der Waals surface area contributed by atoms with Crippen molar-refractivity contribution in [2.45, 2.75) is 31.7 Å². The first-order valence-corrected chi connectivity index (χ1v) is 7.89. The van der Waals surface area contributed by atoms with Crippen molar-refractivity contribution >= 4 is 5.97 Å². The molecule has 3 heteroatoms. The molecule has 0 unspecified atom stereocenters. The van der Waals surface area contributed by atoms with Crippen LogP contribution >= 0.6 is 0 Å². The van der Waals surface area contributed by atoms with Gasteiger partial charge in [-0.25, -0.2) is 4.79 Å². The van der Waals surface area contributed by atoms with Gasteiger partial charge in [0.2, 0.25) is 0 Å². The van der Waals surface area contributed by atoms with Gasteiger partial charge in [-0.1, -0.05) is 54.6 Å². The van der Waals surface area contributed by atoms with Crippen molar-refractivity contribution in [2.24, 2.45) is 0 Å². The molecule has 0 amide bonds.